The van der Waals surface area contributed by atoms with Crippen LogP contribution < -0.4 is 11.1 Å². The van der Waals surface area contributed by atoms with Gasteiger partial charge >= 0.3 is 0 Å². The van der Waals surface area contributed by atoms with Crippen LogP contribution in [0.15, 0.2) is 29.4 Å². The van der Waals surface area contributed by atoms with Crippen LogP contribution >= 0.6 is 0 Å². The molecule has 1 aromatic heterocycles. The molecular formula is C17H28N4O. The molecule has 1 aliphatic carbocycles. The normalized spacial score (nSPS) is 22.5. The molecule has 2 unspecified atom stereocenters. The fraction of sp³-hybridized carbons (Fsp3) is 0.647. The molecule has 1 heterocycles. The van der Waals surface area contributed by atoms with Gasteiger partial charge in [-0.15, -0.1) is 0 Å². The lowest BCUT2D eigenvalue weighted by atomic mass is 9.88. The molecule has 3 N–H and O–H groups in total. The van der Waals surface area contributed by atoms with Crippen molar-refractivity contribution in [2.24, 2.45) is 16.6 Å². The number of rotatable bonds is 7. The smallest absolute Gasteiger partial charge is 0.188 e. The molecule has 2 rings (SSSR count). The lowest BCUT2D eigenvalue weighted by Crippen LogP contribution is -2.34. The summed E-state index contributed by atoms with van der Waals surface area (Å²) in [5.41, 5.74) is 6.90. The summed E-state index contributed by atoms with van der Waals surface area (Å²) in [5, 5.41) is 3.11. The number of guanidine groups is 1. The summed E-state index contributed by atoms with van der Waals surface area (Å²) in [6, 6.07) is 5.91. The zero-order valence-corrected chi connectivity index (χ0v) is 13.5. The van der Waals surface area contributed by atoms with Crippen molar-refractivity contribution in [3.05, 3.63) is 30.1 Å². The summed E-state index contributed by atoms with van der Waals surface area (Å²) < 4.78 is 5.92. The van der Waals surface area contributed by atoms with Gasteiger partial charge in [0.25, 0.3) is 0 Å². The van der Waals surface area contributed by atoms with Gasteiger partial charge in [0, 0.05) is 24.9 Å². The fourth-order valence-corrected chi connectivity index (χ4v) is 2.82. The summed E-state index contributed by atoms with van der Waals surface area (Å²) in [4.78, 5) is 8.57. The monoisotopic (exact) mass is 304 g/mol. The Morgan fingerprint density at radius 3 is 3.05 bits per heavy atom. The molecule has 1 saturated carbocycles. The minimum Gasteiger partial charge on any atom is -0.376 e. The number of ether oxygens (including phenoxy) is 1. The number of nitrogens with two attached hydrogens (primary N) is 1. The van der Waals surface area contributed by atoms with Crippen LogP contribution in [0.3, 0.4) is 0 Å². The van der Waals surface area contributed by atoms with Gasteiger partial charge in [0.1, 0.15) is 0 Å². The third kappa shape index (κ3) is 6.02. The van der Waals surface area contributed by atoms with Crippen LogP contribution in [-0.4, -0.2) is 36.7 Å². The summed E-state index contributed by atoms with van der Waals surface area (Å²) >= 11 is 0. The van der Waals surface area contributed by atoms with Gasteiger partial charge in [-0.2, -0.15) is 0 Å². The van der Waals surface area contributed by atoms with Gasteiger partial charge in [-0.05, 0) is 30.9 Å². The molecule has 0 aliphatic heterocycles. The summed E-state index contributed by atoms with van der Waals surface area (Å²) in [6.07, 6.45) is 8.14. The van der Waals surface area contributed by atoms with E-state index in [1.54, 1.807) is 6.20 Å². The summed E-state index contributed by atoms with van der Waals surface area (Å²) in [6.45, 7) is 4.29. The van der Waals surface area contributed by atoms with Crippen LogP contribution in [0, 0.1) is 5.92 Å². The van der Waals surface area contributed by atoms with Crippen molar-refractivity contribution < 1.29 is 4.74 Å². The van der Waals surface area contributed by atoms with Crippen LogP contribution in [0.25, 0.3) is 0 Å². The zero-order valence-electron chi connectivity index (χ0n) is 13.5. The molecule has 5 heteroatoms. The minimum atomic E-state index is 0.405. The molecule has 0 radical (unpaired) electrons. The second-order valence-corrected chi connectivity index (χ2v) is 5.94. The molecule has 0 saturated heterocycles. The highest BCUT2D eigenvalue weighted by Crippen LogP contribution is 2.25. The number of hydrogen-bond donors (Lipinski definition) is 2. The van der Waals surface area contributed by atoms with E-state index >= 15 is 0 Å². The van der Waals surface area contributed by atoms with E-state index in [0.717, 1.165) is 18.7 Å². The topological polar surface area (TPSA) is 72.5 Å². The maximum Gasteiger partial charge on any atom is 0.188 e. The number of aliphatic imine (C=N–C) groups is 1. The van der Waals surface area contributed by atoms with Crippen molar-refractivity contribution in [2.45, 2.75) is 45.1 Å². The third-order valence-electron chi connectivity index (χ3n) is 4.15. The Morgan fingerprint density at radius 1 is 1.41 bits per heavy atom. The standard InChI is InChI=1S/C17H28N4O/c1-14-6-2-3-8-16(14)22-13-12-21-17(18)20-11-9-15-7-4-5-10-19-15/h4-5,7,10,14,16H,2-3,6,8-9,11-13H2,1H3,(H3,18,20,21). The Bertz CT molecular complexity index is 449. The molecule has 2 atom stereocenters. The van der Waals surface area contributed by atoms with Crippen molar-refractivity contribution in [2.75, 3.05) is 19.7 Å². The number of nitrogens with zero attached hydrogens (tertiary/aromatic N) is 2. The molecule has 5 nitrogen and oxygen atoms in total. The Kier molecular flexibility index (Phi) is 7.16. The molecule has 0 amide bonds. The van der Waals surface area contributed by atoms with Crippen LogP contribution in [0.1, 0.15) is 38.3 Å². The SMILES string of the molecule is CC1CCCCC1OCCN=C(N)NCCc1ccccn1. The Hall–Kier alpha value is -1.62. The first kappa shape index (κ1) is 16.7. The highest BCUT2D eigenvalue weighted by atomic mass is 16.5. The molecule has 22 heavy (non-hydrogen) atoms. The van der Waals surface area contributed by atoms with Crippen LogP contribution in [-0.2, 0) is 11.2 Å². The molecule has 1 aliphatic rings. The molecule has 0 aromatic carbocycles. The summed E-state index contributed by atoms with van der Waals surface area (Å²) in [7, 11) is 0. The van der Waals surface area contributed by atoms with Crippen molar-refractivity contribution in [3.63, 3.8) is 0 Å². The van der Waals surface area contributed by atoms with E-state index in [9.17, 15) is 0 Å². The van der Waals surface area contributed by atoms with Crippen molar-refractivity contribution in [3.8, 4) is 0 Å². The van der Waals surface area contributed by atoms with E-state index in [4.69, 9.17) is 10.5 Å². The van der Waals surface area contributed by atoms with E-state index in [1.165, 1.54) is 25.7 Å². The lowest BCUT2D eigenvalue weighted by molar-refractivity contribution is -0.000654. The molecule has 122 valence electrons. The van der Waals surface area contributed by atoms with Crippen molar-refractivity contribution in [1.29, 1.82) is 0 Å². The highest BCUT2D eigenvalue weighted by Gasteiger charge is 2.21. The highest BCUT2D eigenvalue weighted by molar-refractivity contribution is 5.77. The Balaban J connectivity index is 1.57. The third-order valence-corrected chi connectivity index (χ3v) is 4.15. The maximum atomic E-state index is 5.92. The quantitative estimate of drug-likeness (QED) is 0.460. The van der Waals surface area contributed by atoms with E-state index in [2.05, 4.69) is 22.2 Å². The Morgan fingerprint density at radius 2 is 2.27 bits per heavy atom. The maximum absolute atomic E-state index is 5.92. The van der Waals surface area contributed by atoms with Gasteiger partial charge in [-0.3, -0.25) is 9.98 Å². The molecule has 1 fully saturated rings. The minimum absolute atomic E-state index is 0.405. The first-order valence-corrected chi connectivity index (χ1v) is 8.31. The average Bonchev–Trinajstić information content (AvgIpc) is 2.54. The number of hydrogen-bond acceptors (Lipinski definition) is 3. The molecule has 0 bridgehead atoms. The number of pyridine rings is 1. The van der Waals surface area contributed by atoms with Gasteiger partial charge in [-0.25, -0.2) is 0 Å². The first-order chi connectivity index (χ1) is 10.8. The summed E-state index contributed by atoms with van der Waals surface area (Å²) in [5.74, 6) is 1.16. The van der Waals surface area contributed by atoms with Gasteiger partial charge in [0.05, 0.1) is 19.3 Å². The van der Waals surface area contributed by atoms with Crippen LogP contribution in [0.2, 0.25) is 0 Å². The fourth-order valence-electron chi connectivity index (χ4n) is 2.82. The Labute approximate surface area is 133 Å². The van der Waals surface area contributed by atoms with E-state index in [1.807, 2.05) is 18.2 Å². The second-order valence-electron chi connectivity index (χ2n) is 5.94. The van der Waals surface area contributed by atoms with Gasteiger partial charge in [0.2, 0.25) is 0 Å². The van der Waals surface area contributed by atoms with Crippen molar-refractivity contribution >= 4 is 5.96 Å². The second kappa shape index (κ2) is 9.41. The largest absolute Gasteiger partial charge is 0.376 e. The van der Waals surface area contributed by atoms with Crippen LogP contribution in [0.4, 0.5) is 0 Å². The predicted molar refractivity (Wildman–Crippen MR) is 89.8 cm³/mol. The lowest BCUT2D eigenvalue weighted by Gasteiger charge is -2.28. The van der Waals surface area contributed by atoms with Gasteiger partial charge < -0.3 is 15.8 Å². The van der Waals surface area contributed by atoms with E-state index in [0.29, 0.717) is 31.1 Å². The number of aromatic nitrogens is 1. The first-order valence-electron chi connectivity index (χ1n) is 8.31. The number of nitrogens with one attached hydrogen (secondary N) is 1. The van der Waals surface area contributed by atoms with Crippen molar-refractivity contribution in [1.82, 2.24) is 10.3 Å². The molecular weight excluding hydrogens is 276 g/mol. The zero-order chi connectivity index (χ0) is 15.6. The molecule has 0 spiro atoms. The van der Waals surface area contributed by atoms with Gasteiger partial charge in [0.15, 0.2) is 5.96 Å². The average molecular weight is 304 g/mol. The predicted octanol–water partition coefficient (Wildman–Crippen LogP) is 2.12. The van der Waals surface area contributed by atoms with Gasteiger partial charge in [-0.1, -0.05) is 25.8 Å². The molecule has 1 aromatic rings. The van der Waals surface area contributed by atoms with E-state index < -0.39 is 0 Å². The van der Waals surface area contributed by atoms with E-state index in [-0.39, 0.29) is 0 Å². The van der Waals surface area contributed by atoms with Crippen LogP contribution in [0.5, 0.6) is 0 Å².